The SMILES string of the molecule is CC(O)CCC(C)CC#N. The highest BCUT2D eigenvalue weighted by atomic mass is 16.3. The number of nitrogens with zero attached hydrogens (tertiary/aromatic N) is 1. The first kappa shape index (κ1) is 9.45. The number of rotatable bonds is 4. The highest BCUT2D eigenvalue weighted by Gasteiger charge is 2.02. The summed E-state index contributed by atoms with van der Waals surface area (Å²) in [4.78, 5) is 0. The van der Waals surface area contributed by atoms with E-state index in [0.29, 0.717) is 12.3 Å². The van der Waals surface area contributed by atoms with Crippen LogP contribution in [0.3, 0.4) is 0 Å². The molecule has 0 radical (unpaired) electrons. The monoisotopic (exact) mass is 141 g/mol. The van der Waals surface area contributed by atoms with Crippen LogP contribution in [0.4, 0.5) is 0 Å². The van der Waals surface area contributed by atoms with Gasteiger partial charge in [0.2, 0.25) is 0 Å². The van der Waals surface area contributed by atoms with Gasteiger partial charge in [-0.1, -0.05) is 6.92 Å². The molecular formula is C8H15NO. The van der Waals surface area contributed by atoms with Crippen molar-refractivity contribution in [3.05, 3.63) is 0 Å². The van der Waals surface area contributed by atoms with Gasteiger partial charge >= 0.3 is 0 Å². The van der Waals surface area contributed by atoms with Crippen molar-refractivity contribution in [1.29, 1.82) is 5.26 Å². The average Bonchev–Trinajstić information content (AvgIpc) is 1.85. The van der Waals surface area contributed by atoms with Gasteiger partial charge in [0.1, 0.15) is 0 Å². The summed E-state index contributed by atoms with van der Waals surface area (Å²) in [6.45, 7) is 3.81. The normalized spacial score (nSPS) is 15.8. The Morgan fingerprint density at radius 1 is 1.40 bits per heavy atom. The number of aliphatic hydroxyl groups excluding tert-OH is 1. The molecule has 2 heteroatoms. The minimum atomic E-state index is -0.221. The first-order valence-corrected chi connectivity index (χ1v) is 3.71. The molecule has 0 rings (SSSR count). The van der Waals surface area contributed by atoms with E-state index in [1.54, 1.807) is 6.92 Å². The van der Waals surface area contributed by atoms with E-state index < -0.39 is 0 Å². The Labute approximate surface area is 62.5 Å². The minimum Gasteiger partial charge on any atom is -0.393 e. The summed E-state index contributed by atoms with van der Waals surface area (Å²) < 4.78 is 0. The Morgan fingerprint density at radius 3 is 2.40 bits per heavy atom. The Kier molecular flexibility index (Phi) is 4.96. The second-order valence-corrected chi connectivity index (χ2v) is 2.89. The maximum atomic E-state index is 8.89. The summed E-state index contributed by atoms with van der Waals surface area (Å²) >= 11 is 0. The summed E-state index contributed by atoms with van der Waals surface area (Å²) in [7, 11) is 0. The van der Waals surface area contributed by atoms with E-state index in [4.69, 9.17) is 10.4 Å². The molecule has 2 unspecified atom stereocenters. The van der Waals surface area contributed by atoms with Gasteiger partial charge in [-0.25, -0.2) is 0 Å². The molecule has 0 fully saturated rings. The zero-order valence-electron chi connectivity index (χ0n) is 6.67. The summed E-state index contributed by atoms with van der Waals surface area (Å²) in [5, 5.41) is 17.2. The summed E-state index contributed by atoms with van der Waals surface area (Å²) in [6.07, 6.45) is 2.14. The van der Waals surface area contributed by atoms with Crippen LogP contribution < -0.4 is 0 Å². The molecule has 0 aromatic rings. The van der Waals surface area contributed by atoms with Crippen LogP contribution in [0.15, 0.2) is 0 Å². The van der Waals surface area contributed by atoms with E-state index >= 15 is 0 Å². The van der Waals surface area contributed by atoms with E-state index in [-0.39, 0.29) is 6.10 Å². The summed E-state index contributed by atoms with van der Waals surface area (Å²) in [6, 6.07) is 2.11. The standard InChI is InChI=1S/C8H15NO/c1-7(5-6-9)3-4-8(2)10/h7-8,10H,3-5H2,1-2H3. The van der Waals surface area contributed by atoms with Gasteiger partial charge in [0.05, 0.1) is 12.2 Å². The third kappa shape index (κ3) is 5.58. The molecule has 0 aliphatic rings. The molecule has 0 bridgehead atoms. The lowest BCUT2D eigenvalue weighted by Crippen LogP contribution is -2.02. The third-order valence-electron chi connectivity index (χ3n) is 1.52. The van der Waals surface area contributed by atoms with E-state index in [1.165, 1.54) is 0 Å². The number of hydrogen-bond donors (Lipinski definition) is 1. The fourth-order valence-electron chi connectivity index (χ4n) is 0.784. The predicted octanol–water partition coefficient (Wildman–Crippen LogP) is 1.70. The van der Waals surface area contributed by atoms with Gasteiger partial charge in [0, 0.05) is 6.42 Å². The molecule has 2 nitrogen and oxygen atoms in total. The number of hydrogen-bond acceptors (Lipinski definition) is 2. The molecule has 0 aliphatic carbocycles. The lowest BCUT2D eigenvalue weighted by Gasteiger charge is -2.07. The summed E-state index contributed by atoms with van der Waals surface area (Å²) in [5.74, 6) is 0.430. The van der Waals surface area contributed by atoms with Gasteiger partial charge in [0.25, 0.3) is 0 Å². The van der Waals surface area contributed by atoms with Gasteiger partial charge in [-0.2, -0.15) is 5.26 Å². The van der Waals surface area contributed by atoms with Crippen LogP contribution >= 0.6 is 0 Å². The van der Waals surface area contributed by atoms with Crippen molar-refractivity contribution in [2.75, 3.05) is 0 Å². The van der Waals surface area contributed by atoms with Gasteiger partial charge < -0.3 is 5.11 Å². The van der Waals surface area contributed by atoms with Crippen LogP contribution in [0.25, 0.3) is 0 Å². The third-order valence-corrected chi connectivity index (χ3v) is 1.52. The lowest BCUT2D eigenvalue weighted by molar-refractivity contribution is 0.175. The van der Waals surface area contributed by atoms with Crippen molar-refractivity contribution in [3.8, 4) is 6.07 Å². The van der Waals surface area contributed by atoms with Crippen molar-refractivity contribution in [2.24, 2.45) is 5.92 Å². The van der Waals surface area contributed by atoms with E-state index in [0.717, 1.165) is 12.8 Å². The van der Waals surface area contributed by atoms with Crippen LogP contribution in [0, 0.1) is 17.2 Å². The first-order chi connectivity index (χ1) is 4.66. The molecule has 0 aliphatic heterocycles. The maximum absolute atomic E-state index is 8.89. The Morgan fingerprint density at radius 2 is 2.00 bits per heavy atom. The highest BCUT2D eigenvalue weighted by Crippen LogP contribution is 2.10. The molecule has 1 N–H and O–H groups in total. The molecule has 0 saturated carbocycles. The molecule has 0 aromatic carbocycles. The van der Waals surface area contributed by atoms with Gasteiger partial charge in [0.15, 0.2) is 0 Å². The van der Waals surface area contributed by atoms with Crippen LogP contribution in [-0.4, -0.2) is 11.2 Å². The second kappa shape index (κ2) is 5.25. The molecule has 0 aromatic heterocycles. The average molecular weight is 141 g/mol. The molecule has 0 saturated heterocycles. The largest absolute Gasteiger partial charge is 0.393 e. The topological polar surface area (TPSA) is 44.0 Å². The molecule has 10 heavy (non-hydrogen) atoms. The van der Waals surface area contributed by atoms with Crippen molar-refractivity contribution >= 4 is 0 Å². The van der Waals surface area contributed by atoms with E-state index in [2.05, 4.69) is 6.07 Å². The van der Waals surface area contributed by atoms with Crippen molar-refractivity contribution in [2.45, 2.75) is 39.2 Å². The maximum Gasteiger partial charge on any atom is 0.0624 e. The van der Waals surface area contributed by atoms with Crippen LogP contribution in [0.2, 0.25) is 0 Å². The van der Waals surface area contributed by atoms with E-state index in [1.807, 2.05) is 6.92 Å². The van der Waals surface area contributed by atoms with Gasteiger partial charge in [-0.3, -0.25) is 0 Å². The van der Waals surface area contributed by atoms with Crippen LogP contribution in [0.5, 0.6) is 0 Å². The Balaban J connectivity index is 3.23. The van der Waals surface area contributed by atoms with Gasteiger partial charge in [-0.15, -0.1) is 0 Å². The zero-order valence-corrected chi connectivity index (χ0v) is 6.67. The van der Waals surface area contributed by atoms with Crippen molar-refractivity contribution < 1.29 is 5.11 Å². The first-order valence-electron chi connectivity index (χ1n) is 3.71. The number of nitriles is 1. The van der Waals surface area contributed by atoms with E-state index in [9.17, 15) is 0 Å². The zero-order chi connectivity index (χ0) is 7.98. The molecule has 0 amide bonds. The quantitative estimate of drug-likeness (QED) is 0.647. The molecule has 58 valence electrons. The predicted molar refractivity (Wildman–Crippen MR) is 40.3 cm³/mol. The van der Waals surface area contributed by atoms with Crippen molar-refractivity contribution in [3.63, 3.8) is 0 Å². The Bertz CT molecular complexity index is 115. The van der Waals surface area contributed by atoms with Crippen LogP contribution in [0.1, 0.15) is 33.1 Å². The Hall–Kier alpha value is -0.550. The number of aliphatic hydroxyl groups is 1. The fraction of sp³-hybridized carbons (Fsp3) is 0.875. The van der Waals surface area contributed by atoms with Gasteiger partial charge in [-0.05, 0) is 25.7 Å². The molecule has 0 heterocycles. The van der Waals surface area contributed by atoms with Crippen LogP contribution in [-0.2, 0) is 0 Å². The smallest absolute Gasteiger partial charge is 0.0624 e. The minimum absolute atomic E-state index is 0.221. The highest BCUT2D eigenvalue weighted by molar-refractivity contribution is 4.73. The summed E-state index contributed by atoms with van der Waals surface area (Å²) in [5.41, 5.74) is 0. The fourth-order valence-corrected chi connectivity index (χ4v) is 0.784. The molecular weight excluding hydrogens is 126 g/mol. The molecule has 2 atom stereocenters. The molecule has 0 spiro atoms. The lowest BCUT2D eigenvalue weighted by atomic mass is 10.0. The second-order valence-electron chi connectivity index (χ2n) is 2.89. The van der Waals surface area contributed by atoms with Crippen molar-refractivity contribution in [1.82, 2.24) is 0 Å².